The van der Waals surface area contributed by atoms with E-state index >= 15 is 0 Å². The maximum absolute atomic E-state index is 10.8. The molecule has 3 aromatic heterocycles. The number of aromatic nitrogens is 3. The standard InChI is InChI=1S/C38H46N2O2.C12H8N2O4.CH3NS.H2N.Ru/c1-3-5-7-9-27-41-35-19-15-31(16-20-35)11-13-33-23-25-39-37(29-33)38-30-34(24-26-40-38)14-12-32-17-21-36(22-18-32)42-28-10-8-6-4-2;15-7-18-9-2-4-14-11(6-9)10-5-8(12(16)17)1-3-13-10;2-1-3;;/h11-26,29,34H,3-10,27-28,30H2,1-2H3;1-7H,(H,16,17);1H,(H2,2,3);1H2;/q;;;-1;+2/p-1/b13-11+,14-12+;;;;. The molecule has 1 aliphatic rings. The van der Waals surface area contributed by atoms with Crippen LogP contribution in [0.15, 0.2) is 127 Å². The van der Waals surface area contributed by atoms with Crippen molar-refractivity contribution >= 4 is 54.1 Å². The molecule has 0 amide bonds. The number of carboxylic acids is 1. The number of thiocarbonyl (C=S) groups is 1. The van der Waals surface area contributed by atoms with E-state index in [2.05, 4.69) is 124 Å². The molecule has 0 bridgehead atoms. The number of hydrogen-bond acceptors (Lipinski definition) is 10. The smallest absolute Gasteiger partial charge is 0.696 e. The fourth-order valence-electron chi connectivity index (χ4n) is 6.20. The summed E-state index contributed by atoms with van der Waals surface area (Å²) < 4.78 is 16.4. The predicted molar refractivity (Wildman–Crippen MR) is 263 cm³/mol. The summed E-state index contributed by atoms with van der Waals surface area (Å²) in [6, 6.07) is 26.6. The Labute approximate surface area is 401 Å². The van der Waals surface area contributed by atoms with Gasteiger partial charge in [-0.15, -0.1) is 17.7 Å². The first-order chi connectivity index (χ1) is 30.8. The predicted octanol–water partition coefficient (Wildman–Crippen LogP) is 13.3. The van der Waals surface area contributed by atoms with Gasteiger partial charge in [-0.05, 0) is 84.1 Å². The summed E-state index contributed by atoms with van der Waals surface area (Å²) >= 11 is 3.94. The molecular weight excluding hydrogens is 926 g/mol. The van der Waals surface area contributed by atoms with Crippen LogP contribution < -0.4 is 14.2 Å². The first kappa shape index (κ1) is 54.9. The monoisotopic (exact) mass is 984 g/mol. The molecule has 0 saturated carbocycles. The maximum atomic E-state index is 10.8. The number of ether oxygens (including phenoxy) is 3. The van der Waals surface area contributed by atoms with E-state index in [1.807, 2.05) is 30.6 Å². The van der Waals surface area contributed by atoms with Crippen LogP contribution in [0.3, 0.4) is 0 Å². The van der Waals surface area contributed by atoms with Crippen LogP contribution >= 0.6 is 12.2 Å². The second kappa shape index (κ2) is 32.4. The average molecular weight is 984 g/mol. The molecule has 0 radical (unpaired) electrons. The van der Waals surface area contributed by atoms with Crippen LogP contribution in [0.4, 0.5) is 0 Å². The number of allylic oxidation sites excluding steroid dienone is 2. The van der Waals surface area contributed by atoms with Crippen LogP contribution in [0.1, 0.15) is 104 Å². The van der Waals surface area contributed by atoms with Gasteiger partial charge in [0, 0.05) is 43.2 Å². The molecule has 5 aromatic rings. The van der Waals surface area contributed by atoms with Crippen molar-refractivity contribution < 1.29 is 48.4 Å². The van der Waals surface area contributed by atoms with Crippen LogP contribution in [0.5, 0.6) is 17.2 Å². The molecule has 0 spiro atoms. The number of carbonyl (C=O) groups excluding carboxylic acids is 1. The van der Waals surface area contributed by atoms with Gasteiger partial charge in [0.15, 0.2) is 0 Å². The van der Waals surface area contributed by atoms with E-state index in [0.717, 1.165) is 72.0 Å². The van der Waals surface area contributed by atoms with Gasteiger partial charge in [0.1, 0.15) is 17.2 Å². The summed E-state index contributed by atoms with van der Waals surface area (Å²) in [6.07, 6.45) is 28.0. The summed E-state index contributed by atoms with van der Waals surface area (Å²) in [4.78, 5) is 38.4. The van der Waals surface area contributed by atoms with Gasteiger partial charge < -0.3 is 31.2 Å². The van der Waals surface area contributed by atoms with Crippen molar-refractivity contribution in [3.63, 3.8) is 0 Å². The minimum atomic E-state index is -1.04. The Kier molecular flexibility index (Phi) is 27.4. The summed E-state index contributed by atoms with van der Waals surface area (Å²) in [7, 11) is 0. The van der Waals surface area contributed by atoms with Gasteiger partial charge in [-0.1, -0.05) is 107 Å². The van der Waals surface area contributed by atoms with E-state index in [0.29, 0.717) is 23.6 Å². The molecular formula is C51H58N6O6RuS. The normalized spacial score (nSPS) is 12.5. The number of unbranched alkanes of at least 4 members (excludes halogenated alkanes) is 6. The summed E-state index contributed by atoms with van der Waals surface area (Å²) in [5.41, 5.74) is 13.0. The number of benzene rings is 2. The topological polar surface area (TPSA) is 190 Å². The molecule has 4 heterocycles. The molecule has 14 heteroatoms. The van der Waals surface area contributed by atoms with Crippen molar-refractivity contribution in [2.45, 2.75) is 71.6 Å². The van der Waals surface area contributed by atoms with Crippen LogP contribution in [-0.2, 0) is 24.3 Å². The fraction of sp³-hybridized carbons (Fsp3) is 0.275. The Bertz CT molecular complexity index is 2290. The number of aliphatic imine (C=N–C) groups is 1. The Balaban J connectivity index is 0.000000526. The molecule has 6 rings (SSSR count). The zero-order valence-electron chi connectivity index (χ0n) is 36.9. The van der Waals surface area contributed by atoms with Crippen molar-refractivity contribution in [2.24, 2.45) is 10.9 Å². The van der Waals surface area contributed by atoms with Crippen LogP contribution in [0.2, 0.25) is 0 Å². The first-order valence-electron chi connectivity index (χ1n) is 21.2. The summed E-state index contributed by atoms with van der Waals surface area (Å²) in [6.45, 7) is 6.33. The Morgan fingerprint density at radius 1 is 0.708 bits per heavy atom. The number of nitrogens with zero attached hydrogens (tertiary/aromatic N) is 4. The zero-order valence-corrected chi connectivity index (χ0v) is 39.5. The van der Waals surface area contributed by atoms with E-state index in [1.165, 1.54) is 80.7 Å². The van der Waals surface area contributed by atoms with Gasteiger partial charge >= 0.3 is 25.4 Å². The molecule has 4 N–H and O–H groups in total. The minimum absolute atomic E-state index is 0. The molecule has 2 aromatic carbocycles. The van der Waals surface area contributed by atoms with Crippen LogP contribution in [-0.4, -0.2) is 56.9 Å². The van der Waals surface area contributed by atoms with E-state index in [1.54, 1.807) is 0 Å². The number of carboxylic acid groups (broad SMARTS) is 1. The fourth-order valence-corrected chi connectivity index (χ4v) is 6.20. The molecule has 1 atom stereocenters. The SMILES string of the molecule is CCCCCCOc1ccc(/C=C/c2ccnc(C3=NC=CC(/C=C/c4ccc(OCCCCCC)cc4)C3)c2)cc1.O=COc1ccnc(-c2cc(C(=O)O)ccn2)c1.[NH-]C=S.[NH2-].[Ru+2]. The molecule has 0 saturated heterocycles. The summed E-state index contributed by atoms with van der Waals surface area (Å²) in [5, 5.41) is 8.88. The molecule has 0 fully saturated rings. The number of nitrogens with one attached hydrogen (secondary N) is 1. The Morgan fingerprint density at radius 2 is 1.25 bits per heavy atom. The van der Waals surface area contributed by atoms with E-state index in [4.69, 9.17) is 20.3 Å². The third kappa shape index (κ3) is 20.9. The summed E-state index contributed by atoms with van der Waals surface area (Å²) in [5.74, 6) is 1.42. The number of carbonyl (C=O) groups is 2. The van der Waals surface area contributed by atoms with Crippen molar-refractivity contribution in [3.05, 3.63) is 162 Å². The van der Waals surface area contributed by atoms with Gasteiger partial charge in [0.2, 0.25) is 0 Å². The van der Waals surface area contributed by atoms with Gasteiger partial charge in [-0.2, -0.15) is 0 Å². The number of rotatable bonds is 21. The average Bonchev–Trinajstić information content (AvgIpc) is 3.32. The van der Waals surface area contributed by atoms with Crippen molar-refractivity contribution in [1.82, 2.24) is 15.0 Å². The Hall–Kier alpha value is -6.21. The van der Waals surface area contributed by atoms with Gasteiger partial charge in [0.05, 0.1) is 41.6 Å². The van der Waals surface area contributed by atoms with E-state index in [9.17, 15) is 9.59 Å². The van der Waals surface area contributed by atoms with Crippen LogP contribution in [0.25, 0.3) is 41.5 Å². The first-order valence-corrected chi connectivity index (χ1v) is 21.7. The van der Waals surface area contributed by atoms with Crippen LogP contribution in [0, 0.1) is 5.92 Å². The third-order valence-corrected chi connectivity index (χ3v) is 9.55. The number of hydrogen-bond donors (Lipinski definition) is 1. The van der Waals surface area contributed by atoms with E-state index in [-0.39, 0.29) is 37.1 Å². The molecule has 12 nitrogen and oxygen atoms in total. The molecule has 1 unspecified atom stereocenters. The number of aromatic carboxylic acids is 1. The molecule has 342 valence electrons. The van der Waals surface area contributed by atoms with Crippen molar-refractivity contribution in [2.75, 3.05) is 13.2 Å². The minimum Gasteiger partial charge on any atom is -0.696 e. The number of pyridine rings is 3. The van der Waals surface area contributed by atoms with Gasteiger partial charge in [-0.3, -0.25) is 24.7 Å². The second-order valence-electron chi connectivity index (χ2n) is 14.4. The largest absolute Gasteiger partial charge is 2.00 e. The van der Waals surface area contributed by atoms with Gasteiger partial charge in [0.25, 0.3) is 6.47 Å². The number of nitrogens with two attached hydrogens (primary N) is 1. The second-order valence-corrected chi connectivity index (χ2v) is 14.6. The van der Waals surface area contributed by atoms with Gasteiger partial charge in [-0.25, -0.2) is 4.79 Å². The van der Waals surface area contributed by atoms with Crippen molar-refractivity contribution in [1.29, 1.82) is 0 Å². The Morgan fingerprint density at radius 3 is 1.83 bits per heavy atom. The molecule has 1 aliphatic heterocycles. The third-order valence-electron chi connectivity index (χ3n) is 9.55. The van der Waals surface area contributed by atoms with Crippen molar-refractivity contribution in [3.8, 4) is 28.6 Å². The quantitative estimate of drug-likeness (QED) is 0.0320. The zero-order chi connectivity index (χ0) is 44.9. The molecule has 65 heavy (non-hydrogen) atoms. The van der Waals surface area contributed by atoms with E-state index < -0.39 is 5.97 Å². The molecule has 0 aliphatic carbocycles. The maximum Gasteiger partial charge on any atom is 2.00 e.